The van der Waals surface area contributed by atoms with E-state index in [0.717, 1.165) is 17.3 Å². The number of hydrogen-bond donors (Lipinski definition) is 0. The van der Waals surface area contributed by atoms with Gasteiger partial charge in [0.15, 0.2) is 17.0 Å². The fourth-order valence-electron chi connectivity index (χ4n) is 3.88. The summed E-state index contributed by atoms with van der Waals surface area (Å²) in [5.41, 5.74) is 2.84. The van der Waals surface area contributed by atoms with E-state index in [4.69, 9.17) is 4.74 Å². The highest BCUT2D eigenvalue weighted by Gasteiger charge is 2.25. The number of fused-ring (bicyclic) bond motifs is 1. The number of benzene rings is 2. The summed E-state index contributed by atoms with van der Waals surface area (Å²) in [5, 5.41) is 8.68. The Morgan fingerprint density at radius 2 is 1.72 bits per heavy atom. The Hall–Kier alpha value is -4.01. The Bertz CT molecular complexity index is 1220. The van der Waals surface area contributed by atoms with Crippen molar-refractivity contribution in [3.63, 3.8) is 0 Å². The van der Waals surface area contributed by atoms with E-state index in [2.05, 4.69) is 25.2 Å². The van der Waals surface area contributed by atoms with Gasteiger partial charge in [-0.15, -0.1) is 5.10 Å². The maximum atomic E-state index is 12.7. The predicted octanol–water partition coefficient (Wildman–Crippen LogP) is 2.57. The number of rotatable bonds is 5. The van der Waals surface area contributed by atoms with Gasteiger partial charge in [0.05, 0.1) is 12.3 Å². The van der Waals surface area contributed by atoms with E-state index >= 15 is 0 Å². The van der Waals surface area contributed by atoms with Crippen LogP contribution in [0.4, 0.5) is 5.82 Å². The molecule has 0 unspecified atom stereocenters. The second-order valence-corrected chi connectivity index (χ2v) is 7.44. The van der Waals surface area contributed by atoms with E-state index < -0.39 is 0 Å². The fraction of sp³-hybridized carbons (Fsp3) is 0.261. The topological polar surface area (TPSA) is 89.3 Å². The molecule has 3 heterocycles. The molecule has 0 aliphatic carbocycles. The Kier molecular flexibility index (Phi) is 5.37. The second-order valence-electron chi connectivity index (χ2n) is 7.44. The molecule has 4 aromatic rings. The molecule has 0 radical (unpaired) electrons. The molecule has 1 saturated heterocycles. The molecular weight excluding hydrogens is 406 g/mol. The average Bonchev–Trinajstić information content (AvgIpc) is 3.29. The van der Waals surface area contributed by atoms with Crippen molar-refractivity contribution in [3.05, 3.63) is 66.5 Å². The van der Waals surface area contributed by atoms with Crippen LogP contribution in [-0.4, -0.2) is 68.6 Å². The number of hydrogen-bond acceptors (Lipinski definition) is 7. The molecular formula is C23H23N7O2. The highest BCUT2D eigenvalue weighted by Crippen LogP contribution is 2.24. The molecule has 2 aromatic heterocycles. The summed E-state index contributed by atoms with van der Waals surface area (Å²) in [6, 6.07) is 17.0. The molecule has 0 saturated carbocycles. The lowest BCUT2D eigenvalue weighted by Crippen LogP contribution is -2.49. The van der Waals surface area contributed by atoms with Crippen LogP contribution in [0.2, 0.25) is 0 Å². The minimum Gasteiger partial charge on any atom is -0.494 e. The van der Waals surface area contributed by atoms with E-state index in [0.29, 0.717) is 49.5 Å². The van der Waals surface area contributed by atoms with Gasteiger partial charge in [-0.25, -0.2) is 9.97 Å². The minimum atomic E-state index is 0.0551. The summed E-state index contributed by atoms with van der Waals surface area (Å²) < 4.78 is 7.21. The molecule has 2 aromatic carbocycles. The van der Waals surface area contributed by atoms with E-state index in [1.165, 1.54) is 6.33 Å². The molecule has 0 atom stereocenters. The number of carbonyl (C=O) groups is 1. The molecule has 0 N–H and O–H groups in total. The van der Waals surface area contributed by atoms with Gasteiger partial charge in [0.1, 0.15) is 12.1 Å². The zero-order chi connectivity index (χ0) is 21.9. The number of amides is 1. The van der Waals surface area contributed by atoms with Crippen LogP contribution in [0.3, 0.4) is 0 Å². The summed E-state index contributed by atoms with van der Waals surface area (Å²) in [4.78, 5) is 25.6. The van der Waals surface area contributed by atoms with Crippen molar-refractivity contribution in [2.24, 2.45) is 0 Å². The first-order chi connectivity index (χ1) is 15.7. The summed E-state index contributed by atoms with van der Waals surface area (Å²) in [6.45, 7) is 5.14. The van der Waals surface area contributed by atoms with E-state index in [9.17, 15) is 4.79 Å². The van der Waals surface area contributed by atoms with E-state index in [-0.39, 0.29) is 5.91 Å². The Labute approximate surface area is 185 Å². The summed E-state index contributed by atoms with van der Waals surface area (Å²) in [7, 11) is 0. The molecule has 9 heteroatoms. The molecule has 5 rings (SSSR count). The third kappa shape index (κ3) is 3.73. The number of ether oxygens (including phenoxy) is 1. The van der Waals surface area contributed by atoms with Crippen molar-refractivity contribution in [3.8, 4) is 11.4 Å². The highest BCUT2D eigenvalue weighted by atomic mass is 16.5. The number of nitrogens with zero attached hydrogens (tertiary/aromatic N) is 7. The summed E-state index contributed by atoms with van der Waals surface area (Å²) in [6.07, 6.45) is 1.54. The smallest absolute Gasteiger partial charge is 0.253 e. The van der Waals surface area contributed by atoms with Gasteiger partial charge in [0.2, 0.25) is 0 Å². The molecule has 32 heavy (non-hydrogen) atoms. The van der Waals surface area contributed by atoms with Gasteiger partial charge < -0.3 is 14.5 Å². The number of aromatic nitrogens is 5. The van der Waals surface area contributed by atoms with Crippen molar-refractivity contribution >= 4 is 22.9 Å². The van der Waals surface area contributed by atoms with Crippen LogP contribution >= 0.6 is 0 Å². The molecule has 0 bridgehead atoms. The quantitative estimate of drug-likeness (QED) is 0.482. The highest BCUT2D eigenvalue weighted by molar-refractivity contribution is 5.94. The van der Waals surface area contributed by atoms with Gasteiger partial charge in [-0.05, 0) is 43.3 Å². The minimum absolute atomic E-state index is 0.0551. The third-order valence-electron chi connectivity index (χ3n) is 5.50. The Morgan fingerprint density at radius 1 is 0.969 bits per heavy atom. The molecule has 162 valence electrons. The first kappa shape index (κ1) is 19.9. The van der Waals surface area contributed by atoms with Gasteiger partial charge >= 0.3 is 0 Å². The second kappa shape index (κ2) is 8.62. The van der Waals surface area contributed by atoms with Gasteiger partial charge in [0.25, 0.3) is 5.91 Å². The molecule has 1 amide bonds. The molecule has 1 aliphatic rings. The summed E-state index contributed by atoms with van der Waals surface area (Å²) >= 11 is 0. The zero-order valence-electron chi connectivity index (χ0n) is 17.8. The zero-order valence-corrected chi connectivity index (χ0v) is 17.8. The van der Waals surface area contributed by atoms with Crippen molar-refractivity contribution in [2.75, 3.05) is 37.7 Å². The van der Waals surface area contributed by atoms with E-state index in [1.807, 2.05) is 66.4 Å². The summed E-state index contributed by atoms with van der Waals surface area (Å²) in [5.74, 6) is 1.59. The lowest BCUT2D eigenvalue weighted by Gasteiger charge is -2.35. The van der Waals surface area contributed by atoms with Crippen LogP contribution < -0.4 is 9.64 Å². The van der Waals surface area contributed by atoms with Gasteiger partial charge in [0, 0.05) is 31.7 Å². The first-order valence-corrected chi connectivity index (χ1v) is 10.6. The van der Waals surface area contributed by atoms with Crippen LogP contribution in [0.25, 0.3) is 16.9 Å². The Morgan fingerprint density at radius 3 is 2.44 bits per heavy atom. The third-order valence-corrected chi connectivity index (χ3v) is 5.50. The molecule has 0 spiro atoms. The predicted molar refractivity (Wildman–Crippen MR) is 120 cm³/mol. The fourth-order valence-corrected chi connectivity index (χ4v) is 3.88. The van der Waals surface area contributed by atoms with Crippen LogP contribution in [-0.2, 0) is 0 Å². The average molecular weight is 429 g/mol. The van der Waals surface area contributed by atoms with Gasteiger partial charge in [-0.2, -0.15) is 4.68 Å². The van der Waals surface area contributed by atoms with Crippen molar-refractivity contribution < 1.29 is 9.53 Å². The number of piperazine rings is 1. The van der Waals surface area contributed by atoms with Crippen LogP contribution in [0.1, 0.15) is 17.3 Å². The van der Waals surface area contributed by atoms with Crippen LogP contribution in [0.5, 0.6) is 5.75 Å². The first-order valence-electron chi connectivity index (χ1n) is 10.6. The maximum Gasteiger partial charge on any atom is 0.253 e. The van der Waals surface area contributed by atoms with Crippen LogP contribution in [0.15, 0.2) is 60.9 Å². The normalized spacial score (nSPS) is 14.0. The maximum absolute atomic E-state index is 12.7. The number of carbonyl (C=O) groups excluding carboxylic acids is 1. The van der Waals surface area contributed by atoms with Crippen molar-refractivity contribution in [2.45, 2.75) is 6.92 Å². The van der Waals surface area contributed by atoms with Crippen molar-refractivity contribution in [1.82, 2.24) is 29.9 Å². The molecule has 1 aliphatic heterocycles. The molecule has 9 nitrogen and oxygen atoms in total. The number of anilines is 1. The standard InChI is InChI=1S/C23H23N7O2/c1-2-32-19-10-8-18(9-11-19)30-22-20(26-27-30)21(24-16-25-22)28-12-14-29(15-13-28)23(31)17-6-4-3-5-7-17/h3-11,16H,2,12-15H2,1H3. The largest absolute Gasteiger partial charge is 0.494 e. The molecule has 1 fully saturated rings. The van der Waals surface area contributed by atoms with E-state index in [1.54, 1.807) is 4.68 Å². The van der Waals surface area contributed by atoms with Crippen molar-refractivity contribution in [1.29, 1.82) is 0 Å². The van der Waals surface area contributed by atoms with Crippen LogP contribution in [0, 0.1) is 0 Å². The monoisotopic (exact) mass is 429 g/mol. The van der Waals surface area contributed by atoms with Gasteiger partial charge in [-0.3, -0.25) is 4.79 Å². The lowest BCUT2D eigenvalue weighted by molar-refractivity contribution is 0.0746. The van der Waals surface area contributed by atoms with Gasteiger partial charge in [-0.1, -0.05) is 23.4 Å². The SMILES string of the molecule is CCOc1ccc(-n2nnc3c(N4CCN(C(=O)c5ccccc5)CC4)ncnc32)cc1. The Balaban J connectivity index is 1.35. The lowest BCUT2D eigenvalue weighted by atomic mass is 10.2.